The minimum absolute atomic E-state index is 0.175. The number of carboxylic acids is 1. The van der Waals surface area contributed by atoms with E-state index >= 15 is 0 Å². The van der Waals surface area contributed by atoms with Crippen LogP contribution in [0.5, 0.6) is 0 Å². The van der Waals surface area contributed by atoms with Crippen molar-refractivity contribution in [2.75, 3.05) is 47.5 Å². The molecule has 0 fully saturated rings. The molecule has 0 heterocycles. The number of carbonyl (C=O) groups excluding carboxylic acids is 2. The lowest BCUT2D eigenvalue weighted by atomic mass is 10.0. The SMILES string of the molecule is CC/C=C\C/C=C\C/C=C\C/C=C\C/C=C\CCCCCCCCCCCCCCCCCCCCCCCCCC(=O)OC(COC(=O)CCCCCCCCCCCCCCCCCCCCCCCCCCCCCCCCC)COC(OCC[N+](C)(C)C)C(=O)O. The van der Waals surface area contributed by atoms with Crippen molar-refractivity contribution < 1.29 is 42.9 Å². The number of hydrogen-bond donors (Lipinski definition) is 1. The Bertz CT molecular complexity index is 1750. The second-order valence-electron chi connectivity index (χ2n) is 29.4. The summed E-state index contributed by atoms with van der Waals surface area (Å²) in [6.45, 7) is 4.84. The predicted octanol–water partition coefficient (Wildman–Crippen LogP) is 26.6. The van der Waals surface area contributed by atoms with E-state index in [1.807, 2.05) is 21.1 Å². The zero-order valence-electron chi connectivity index (χ0n) is 63.8. The normalized spacial score (nSPS) is 12.9. The van der Waals surface area contributed by atoms with Gasteiger partial charge in [0.25, 0.3) is 6.29 Å². The average molecular weight is 1340 g/mol. The molecule has 0 spiro atoms. The number of quaternary nitrogens is 1. The summed E-state index contributed by atoms with van der Waals surface area (Å²) in [5.74, 6) is -1.97. The van der Waals surface area contributed by atoms with Crippen LogP contribution in [0.2, 0.25) is 0 Å². The van der Waals surface area contributed by atoms with Gasteiger partial charge in [-0.05, 0) is 57.8 Å². The number of aliphatic carboxylic acids is 1. The number of ether oxygens (including phenoxy) is 4. The number of hydrogen-bond acceptors (Lipinski definition) is 7. The van der Waals surface area contributed by atoms with Gasteiger partial charge in [0, 0.05) is 12.8 Å². The van der Waals surface area contributed by atoms with Gasteiger partial charge in [-0.3, -0.25) is 9.59 Å². The van der Waals surface area contributed by atoms with Gasteiger partial charge in [0.15, 0.2) is 6.10 Å². The summed E-state index contributed by atoms with van der Waals surface area (Å²) in [4.78, 5) is 37.8. The minimum Gasteiger partial charge on any atom is -0.477 e. The van der Waals surface area contributed by atoms with Crippen LogP contribution in [0.3, 0.4) is 0 Å². The standard InChI is InChI=1S/C86H159NO8/c1-6-8-10-12-14-16-18-20-22-24-26-28-30-32-34-36-38-39-40-41-42-43-44-45-47-49-51-53-55-57-59-61-63-65-67-69-71-73-75-77-84(89)95-82(81-94-86(85(90)91)92-79-78-87(3,4)5)80-93-83(88)76-74-72-70-68-66-64-62-60-58-56-54-52-50-48-46-37-35-33-31-29-27-25-23-21-19-17-15-13-11-9-7-2/h8,10,14,16,20,22,26,28,32,34,82,86H,6-7,9,11-13,15,17-19,21,23-25,27,29-31,33,35-81H2,1-5H3/p+1/b10-8-,16-14-,22-20-,28-26-,34-32-. The van der Waals surface area contributed by atoms with Crippen molar-refractivity contribution in [2.45, 2.75) is 424 Å². The van der Waals surface area contributed by atoms with Crippen molar-refractivity contribution >= 4 is 17.9 Å². The van der Waals surface area contributed by atoms with Gasteiger partial charge in [0.2, 0.25) is 0 Å². The molecule has 0 saturated heterocycles. The van der Waals surface area contributed by atoms with Crippen LogP contribution in [0.4, 0.5) is 0 Å². The molecule has 2 unspecified atom stereocenters. The van der Waals surface area contributed by atoms with Crippen LogP contribution in [-0.2, 0) is 33.3 Å². The molecule has 0 aromatic carbocycles. The summed E-state index contributed by atoms with van der Waals surface area (Å²) in [6, 6.07) is 0. The highest BCUT2D eigenvalue weighted by Crippen LogP contribution is 2.20. The number of rotatable bonds is 78. The number of carbonyl (C=O) groups is 3. The molecular weight excluding hydrogens is 1170 g/mol. The molecule has 0 amide bonds. The van der Waals surface area contributed by atoms with E-state index in [1.54, 1.807) is 0 Å². The van der Waals surface area contributed by atoms with E-state index in [-0.39, 0.29) is 38.2 Å². The molecule has 0 rings (SSSR count). The topological polar surface area (TPSA) is 108 Å². The van der Waals surface area contributed by atoms with E-state index in [9.17, 15) is 19.5 Å². The molecule has 556 valence electrons. The summed E-state index contributed by atoms with van der Waals surface area (Å²) in [5.41, 5.74) is 0. The van der Waals surface area contributed by atoms with Crippen molar-refractivity contribution in [3.63, 3.8) is 0 Å². The summed E-state index contributed by atoms with van der Waals surface area (Å²) >= 11 is 0. The Kier molecular flexibility index (Phi) is 74.3. The molecule has 0 aliphatic heterocycles. The first-order valence-corrected chi connectivity index (χ1v) is 41.5. The van der Waals surface area contributed by atoms with Crippen molar-refractivity contribution in [2.24, 2.45) is 0 Å². The highest BCUT2D eigenvalue weighted by atomic mass is 16.7. The maximum absolute atomic E-state index is 13.0. The summed E-state index contributed by atoms with van der Waals surface area (Å²) in [5, 5.41) is 9.78. The third-order valence-electron chi connectivity index (χ3n) is 18.8. The number of allylic oxidation sites excluding steroid dienone is 10. The maximum atomic E-state index is 13.0. The molecule has 2 atom stereocenters. The summed E-state index contributed by atoms with van der Waals surface area (Å²) < 4.78 is 23.1. The van der Waals surface area contributed by atoms with Crippen LogP contribution in [0.15, 0.2) is 60.8 Å². The number of nitrogens with zero attached hydrogens (tertiary/aromatic N) is 1. The molecule has 9 nitrogen and oxygen atoms in total. The van der Waals surface area contributed by atoms with Gasteiger partial charge >= 0.3 is 17.9 Å². The zero-order chi connectivity index (χ0) is 69.0. The highest BCUT2D eigenvalue weighted by Gasteiger charge is 2.25. The Morgan fingerprint density at radius 3 is 0.895 bits per heavy atom. The van der Waals surface area contributed by atoms with E-state index in [4.69, 9.17) is 18.9 Å². The lowest BCUT2D eigenvalue weighted by Crippen LogP contribution is -2.40. The molecule has 9 heteroatoms. The Labute approximate surface area is 590 Å². The maximum Gasteiger partial charge on any atom is 0.361 e. The van der Waals surface area contributed by atoms with Crippen molar-refractivity contribution in [1.82, 2.24) is 0 Å². The Morgan fingerprint density at radius 2 is 0.600 bits per heavy atom. The molecular formula is C86H160NO8+. The number of unbranched alkanes of at least 4 members (excludes halogenated alkanes) is 53. The molecule has 0 radical (unpaired) electrons. The van der Waals surface area contributed by atoms with Crippen LogP contribution in [-0.4, -0.2) is 87.4 Å². The van der Waals surface area contributed by atoms with E-state index < -0.39 is 18.4 Å². The van der Waals surface area contributed by atoms with Crippen molar-refractivity contribution in [3.8, 4) is 0 Å². The van der Waals surface area contributed by atoms with Gasteiger partial charge in [-0.1, -0.05) is 402 Å². The van der Waals surface area contributed by atoms with E-state index in [0.29, 0.717) is 17.4 Å². The van der Waals surface area contributed by atoms with Crippen LogP contribution >= 0.6 is 0 Å². The first kappa shape index (κ1) is 92.0. The lowest BCUT2D eigenvalue weighted by molar-refractivity contribution is -0.870. The first-order chi connectivity index (χ1) is 46.6. The number of esters is 2. The molecule has 95 heavy (non-hydrogen) atoms. The number of carboxylic acid groups (broad SMARTS) is 1. The summed E-state index contributed by atoms with van der Waals surface area (Å²) in [6.07, 6.45) is 99.7. The third-order valence-corrected chi connectivity index (χ3v) is 18.8. The molecule has 0 saturated carbocycles. The molecule has 0 aromatic heterocycles. The lowest BCUT2D eigenvalue weighted by Gasteiger charge is -2.25. The van der Waals surface area contributed by atoms with Gasteiger partial charge in [0.05, 0.1) is 34.4 Å². The van der Waals surface area contributed by atoms with Gasteiger partial charge < -0.3 is 28.5 Å². The quantitative estimate of drug-likeness (QED) is 0.0211. The fourth-order valence-corrected chi connectivity index (χ4v) is 12.5. The van der Waals surface area contributed by atoms with Crippen LogP contribution in [0.25, 0.3) is 0 Å². The van der Waals surface area contributed by atoms with Gasteiger partial charge in [-0.15, -0.1) is 0 Å². The van der Waals surface area contributed by atoms with Crippen LogP contribution in [0, 0.1) is 0 Å². The average Bonchev–Trinajstić information content (AvgIpc) is 2.92. The van der Waals surface area contributed by atoms with Gasteiger partial charge in [0.1, 0.15) is 13.2 Å². The second kappa shape index (κ2) is 76.7. The Balaban J connectivity index is 3.95. The Morgan fingerprint density at radius 1 is 0.326 bits per heavy atom. The van der Waals surface area contributed by atoms with Crippen molar-refractivity contribution in [3.05, 3.63) is 60.8 Å². The van der Waals surface area contributed by atoms with E-state index in [2.05, 4.69) is 74.6 Å². The second-order valence-corrected chi connectivity index (χ2v) is 29.4. The van der Waals surface area contributed by atoms with Crippen molar-refractivity contribution in [1.29, 1.82) is 0 Å². The fourth-order valence-electron chi connectivity index (χ4n) is 12.5. The molecule has 1 N–H and O–H groups in total. The van der Waals surface area contributed by atoms with E-state index in [1.165, 1.54) is 315 Å². The smallest absolute Gasteiger partial charge is 0.361 e. The van der Waals surface area contributed by atoms with Crippen LogP contribution in [0.1, 0.15) is 412 Å². The zero-order valence-corrected chi connectivity index (χ0v) is 63.8. The first-order valence-electron chi connectivity index (χ1n) is 41.5. The molecule has 0 aromatic rings. The van der Waals surface area contributed by atoms with E-state index in [0.717, 1.165) is 70.6 Å². The monoisotopic (exact) mass is 1340 g/mol. The highest BCUT2D eigenvalue weighted by molar-refractivity contribution is 5.71. The van der Waals surface area contributed by atoms with Crippen LogP contribution < -0.4 is 0 Å². The predicted molar refractivity (Wildman–Crippen MR) is 410 cm³/mol. The van der Waals surface area contributed by atoms with Gasteiger partial charge in [-0.25, -0.2) is 4.79 Å². The number of likely N-dealkylation sites (N-methyl/N-ethyl adjacent to an activating group) is 1. The third kappa shape index (κ3) is 78.2. The summed E-state index contributed by atoms with van der Waals surface area (Å²) in [7, 11) is 6.00. The Hall–Kier alpha value is -3.01. The largest absolute Gasteiger partial charge is 0.477 e. The fraction of sp³-hybridized carbons (Fsp3) is 0.849. The molecule has 0 bridgehead atoms. The minimum atomic E-state index is -1.51. The van der Waals surface area contributed by atoms with Gasteiger partial charge in [-0.2, -0.15) is 0 Å². The molecule has 0 aliphatic carbocycles. The molecule has 0 aliphatic rings.